The largest absolute Gasteiger partial charge is 0.468 e. The fourth-order valence-electron chi connectivity index (χ4n) is 1.01. The van der Waals surface area contributed by atoms with E-state index < -0.39 is 17.8 Å². The Balaban J connectivity index is 0.00000196. The molecule has 1 rings (SSSR count). The van der Waals surface area contributed by atoms with Crippen molar-refractivity contribution in [2.24, 2.45) is 5.73 Å². The average Bonchev–Trinajstić information content (AvgIpc) is 2.20. The van der Waals surface area contributed by atoms with Crippen LogP contribution in [0, 0.1) is 5.82 Å². The molecule has 0 fully saturated rings. The Hall–Kier alpha value is -0.840. The molecular formula is C9H10Cl2FNO2. The van der Waals surface area contributed by atoms with Crippen molar-refractivity contribution in [3.8, 4) is 0 Å². The van der Waals surface area contributed by atoms with Crippen LogP contribution in [0.5, 0.6) is 0 Å². The minimum atomic E-state index is -1.14. The lowest BCUT2D eigenvalue weighted by Gasteiger charge is -2.10. The fourth-order valence-corrected chi connectivity index (χ4v) is 1.20. The molecule has 0 aliphatic carbocycles. The number of hydrogen-bond acceptors (Lipinski definition) is 3. The first-order valence-electron chi connectivity index (χ1n) is 3.85. The molecule has 1 aromatic rings. The van der Waals surface area contributed by atoms with E-state index in [0.29, 0.717) is 0 Å². The Morgan fingerprint density at radius 2 is 2.20 bits per heavy atom. The summed E-state index contributed by atoms with van der Waals surface area (Å²) in [6.07, 6.45) is 0. The molecule has 0 aliphatic rings. The molecule has 0 saturated heterocycles. The van der Waals surface area contributed by atoms with Crippen LogP contribution in [-0.4, -0.2) is 13.1 Å². The van der Waals surface area contributed by atoms with Crippen molar-refractivity contribution in [3.63, 3.8) is 0 Å². The molecule has 84 valence electrons. The highest BCUT2D eigenvalue weighted by molar-refractivity contribution is 6.30. The van der Waals surface area contributed by atoms with E-state index in [9.17, 15) is 9.18 Å². The molecule has 2 N–H and O–H groups in total. The van der Waals surface area contributed by atoms with Gasteiger partial charge in [-0.15, -0.1) is 12.4 Å². The van der Waals surface area contributed by atoms with Crippen LogP contribution in [0.4, 0.5) is 4.39 Å². The van der Waals surface area contributed by atoms with E-state index in [1.165, 1.54) is 25.3 Å². The van der Waals surface area contributed by atoms with Gasteiger partial charge in [-0.25, -0.2) is 4.39 Å². The van der Waals surface area contributed by atoms with Gasteiger partial charge in [-0.1, -0.05) is 23.7 Å². The van der Waals surface area contributed by atoms with E-state index in [0.717, 1.165) is 0 Å². The topological polar surface area (TPSA) is 52.3 Å². The summed E-state index contributed by atoms with van der Waals surface area (Å²) < 4.78 is 17.7. The minimum Gasteiger partial charge on any atom is -0.468 e. The number of rotatable bonds is 2. The maximum atomic E-state index is 13.3. The van der Waals surface area contributed by atoms with Crippen molar-refractivity contribution in [3.05, 3.63) is 34.6 Å². The molecule has 0 amide bonds. The molecule has 15 heavy (non-hydrogen) atoms. The van der Waals surface area contributed by atoms with Gasteiger partial charge in [-0.05, 0) is 6.07 Å². The first kappa shape index (κ1) is 14.2. The maximum absolute atomic E-state index is 13.3. The Morgan fingerprint density at radius 3 is 2.73 bits per heavy atom. The quantitative estimate of drug-likeness (QED) is 0.822. The highest BCUT2D eigenvalue weighted by Gasteiger charge is 2.20. The highest BCUT2D eigenvalue weighted by atomic mass is 35.5. The number of carbonyl (C=O) groups is 1. The molecule has 6 heteroatoms. The molecule has 0 radical (unpaired) electrons. The first-order chi connectivity index (χ1) is 6.57. The lowest BCUT2D eigenvalue weighted by atomic mass is 10.1. The minimum absolute atomic E-state index is 0. The van der Waals surface area contributed by atoms with Gasteiger partial charge in [0.2, 0.25) is 0 Å². The number of esters is 1. The second-order valence-corrected chi connectivity index (χ2v) is 3.05. The molecule has 0 unspecified atom stereocenters. The molecule has 0 heterocycles. The smallest absolute Gasteiger partial charge is 0.327 e. The summed E-state index contributed by atoms with van der Waals surface area (Å²) in [5.74, 6) is -1.39. The highest BCUT2D eigenvalue weighted by Crippen LogP contribution is 2.22. The first-order valence-corrected chi connectivity index (χ1v) is 4.23. The Labute approximate surface area is 97.8 Å². The van der Waals surface area contributed by atoms with Gasteiger partial charge in [-0.2, -0.15) is 0 Å². The third kappa shape index (κ3) is 3.06. The van der Waals surface area contributed by atoms with Crippen molar-refractivity contribution in [1.82, 2.24) is 0 Å². The van der Waals surface area contributed by atoms with Crippen molar-refractivity contribution in [2.45, 2.75) is 6.04 Å². The average molecular weight is 254 g/mol. The van der Waals surface area contributed by atoms with E-state index >= 15 is 0 Å². The zero-order valence-electron chi connectivity index (χ0n) is 7.87. The Bertz CT molecular complexity index is 360. The van der Waals surface area contributed by atoms with E-state index in [1.54, 1.807) is 0 Å². The molecule has 1 atom stereocenters. The van der Waals surface area contributed by atoms with Gasteiger partial charge in [0.1, 0.15) is 11.9 Å². The summed E-state index contributed by atoms with van der Waals surface area (Å²) in [6, 6.07) is 3.15. The lowest BCUT2D eigenvalue weighted by Crippen LogP contribution is -2.23. The van der Waals surface area contributed by atoms with Crippen molar-refractivity contribution < 1.29 is 13.9 Å². The third-order valence-corrected chi connectivity index (χ3v) is 2.06. The van der Waals surface area contributed by atoms with Crippen LogP contribution >= 0.6 is 24.0 Å². The normalized spacial score (nSPS) is 11.5. The number of ether oxygens (including phenoxy) is 1. The fraction of sp³-hybridized carbons (Fsp3) is 0.222. The second kappa shape index (κ2) is 5.90. The molecular weight excluding hydrogens is 244 g/mol. The van der Waals surface area contributed by atoms with Crippen LogP contribution < -0.4 is 5.73 Å². The van der Waals surface area contributed by atoms with Crippen molar-refractivity contribution in [2.75, 3.05) is 7.11 Å². The number of methoxy groups -OCH3 is 1. The van der Waals surface area contributed by atoms with Crippen molar-refractivity contribution >= 4 is 30.0 Å². The Kier molecular flexibility index (Phi) is 5.57. The van der Waals surface area contributed by atoms with E-state index in [2.05, 4.69) is 4.74 Å². The summed E-state index contributed by atoms with van der Waals surface area (Å²) in [7, 11) is 1.19. The number of halogens is 3. The summed E-state index contributed by atoms with van der Waals surface area (Å²) >= 11 is 5.52. The summed E-state index contributed by atoms with van der Waals surface area (Å²) in [5, 5.41) is -0.0677. The predicted octanol–water partition coefficient (Wildman–Crippen LogP) is 2.07. The van der Waals surface area contributed by atoms with Gasteiger partial charge in [-0.3, -0.25) is 4.79 Å². The van der Waals surface area contributed by atoms with Crippen LogP contribution in [0.25, 0.3) is 0 Å². The lowest BCUT2D eigenvalue weighted by molar-refractivity contribution is -0.142. The second-order valence-electron chi connectivity index (χ2n) is 2.64. The summed E-state index contributed by atoms with van der Waals surface area (Å²) in [6.45, 7) is 0. The summed E-state index contributed by atoms with van der Waals surface area (Å²) in [5.41, 5.74) is 5.48. The van der Waals surface area contributed by atoms with Gasteiger partial charge < -0.3 is 10.5 Å². The molecule has 0 aromatic heterocycles. The van der Waals surface area contributed by atoms with E-state index in [1.807, 2.05) is 0 Å². The van der Waals surface area contributed by atoms with Gasteiger partial charge in [0, 0.05) is 5.56 Å². The number of carbonyl (C=O) groups excluding carboxylic acids is 1. The van der Waals surface area contributed by atoms with Gasteiger partial charge in [0.15, 0.2) is 0 Å². The number of nitrogens with two attached hydrogens (primary N) is 1. The van der Waals surface area contributed by atoms with Crippen molar-refractivity contribution in [1.29, 1.82) is 0 Å². The molecule has 0 saturated carbocycles. The molecule has 1 aromatic carbocycles. The van der Waals surface area contributed by atoms with Crippen LogP contribution in [0.15, 0.2) is 18.2 Å². The standard InChI is InChI=1S/C9H9ClFNO2.ClH/c1-14-9(13)8(12)5-3-2-4-6(10)7(5)11;/h2-4,8H,12H2,1H3;1H/t8-;/m1./s1. The van der Waals surface area contributed by atoms with Gasteiger partial charge >= 0.3 is 5.97 Å². The molecule has 3 nitrogen and oxygen atoms in total. The van der Waals surface area contributed by atoms with Crippen LogP contribution in [0.3, 0.4) is 0 Å². The van der Waals surface area contributed by atoms with Crippen LogP contribution in [0.1, 0.15) is 11.6 Å². The zero-order chi connectivity index (χ0) is 10.7. The summed E-state index contributed by atoms with van der Waals surface area (Å²) in [4.78, 5) is 11.0. The number of benzene rings is 1. The Morgan fingerprint density at radius 1 is 1.60 bits per heavy atom. The molecule has 0 spiro atoms. The zero-order valence-corrected chi connectivity index (χ0v) is 9.44. The van der Waals surface area contributed by atoms with E-state index in [4.69, 9.17) is 17.3 Å². The van der Waals surface area contributed by atoms with Crippen LogP contribution in [-0.2, 0) is 9.53 Å². The molecule has 0 aliphatic heterocycles. The predicted molar refractivity (Wildman–Crippen MR) is 57.6 cm³/mol. The third-order valence-electron chi connectivity index (χ3n) is 1.77. The molecule has 0 bridgehead atoms. The van der Waals surface area contributed by atoms with E-state index in [-0.39, 0.29) is 23.0 Å². The number of hydrogen-bond donors (Lipinski definition) is 1. The maximum Gasteiger partial charge on any atom is 0.327 e. The monoisotopic (exact) mass is 253 g/mol. The van der Waals surface area contributed by atoms with Crippen LogP contribution in [0.2, 0.25) is 5.02 Å². The van der Waals surface area contributed by atoms with Gasteiger partial charge in [0.25, 0.3) is 0 Å². The SMILES string of the molecule is COC(=O)[C@H](N)c1cccc(Cl)c1F.Cl. The van der Waals surface area contributed by atoms with Gasteiger partial charge in [0.05, 0.1) is 12.1 Å².